The Morgan fingerprint density at radius 2 is 2.04 bits per heavy atom. The molecule has 3 N–H and O–H groups in total. The van der Waals surface area contributed by atoms with E-state index in [9.17, 15) is 10.2 Å². The summed E-state index contributed by atoms with van der Waals surface area (Å²) < 4.78 is 7.23. The Balaban J connectivity index is 1.46. The van der Waals surface area contributed by atoms with Crippen LogP contribution in [0.25, 0.3) is 11.2 Å². The first-order chi connectivity index (χ1) is 13.1. The third-order valence-electron chi connectivity index (χ3n) is 6.67. The summed E-state index contributed by atoms with van der Waals surface area (Å²) >= 11 is 0. The molecule has 1 saturated heterocycles. The van der Waals surface area contributed by atoms with Crippen LogP contribution in [0.2, 0.25) is 0 Å². The lowest BCUT2D eigenvalue weighted by Crippen LogP contribution is -2.33. The van der Waals surface area contributed by atoms with E-state index in [2.05, 4.69) is 33.1 Å². The van der Waals surface area contributed by atoms with Gasteiger partial charge in [0.2, 0.25) is 0 Å². The van der Waals surface area contributed by atoms with Crippen LogP contribution in [0.3, 0.4) is 0 Å². The molecule has 5 rings (SSSR count). The van der Waals surface area contributed by atoms with Crippen LogP contribution in [-0.2, 0) is 4.74 Å². The maximum Gasteiger partial charge on any atom is 0.167 e. The second-order valence-corrected chi connectivity index (χ2v) is 8.00. The van der Waals surface area contributed by atoms with Crippen molar-refractivity contribution < 1.29 is 14.9 Å². The van der Waals surface area contributed by atoms with Gasteiger partial charge in [0.15, 0.2) is 23.2 Å². The fraction of sp³-hybridized carbons (Fsp3) is 0.632. The molecular formula is C19H23N5O3. The number of hydrogen-bond acceptors (Lipinski definition) is 7. The van der Waals surface area contributed by atoms with Crippen LogP contribution in [0.1, 0.15) is 32.4 Å². The molecule has 0 radical (unpaired) electrons. The molecule has 3 aliphatic rings. The van der Waals surface area contributed by atoms with Crippen molar-refractivity contribution in [1.82, 2.24) is 19.5 Å². The molecular weight excluding hydrogens is 346 g/mol. The van der Waals surface area contributed by atoms with Gasteiger partial charge in [-0.1, -0.05) is 12.8 Å². The molecule has 2 aromatic rings. The number of ether oxygens (including phenoxy) is 1. The molecule has 3 heterocycles. The van der Waals surface area contributed by atoms with Crippen LogP contribution in [0.5, 0.6) is 0 Å². The molecule has 2 bridgehead atoms. The molecule has 0 spiro atoms. The van der Waals surface area contributed by atoms with E-state index < -0.39 is 24.5 Å². The Labute approximate surface area is 157 Å². The molecule has 8 heteroatoms. The number of aliphatic hydroxyl groups excluding tert-OH is 2. The summed E-state index contributed by atoms with van der Waals surface area (Å²) in [4.78, 5) is 13.2. The lowest BCUT2D eigenvalue weighted by atomic mass is 9.86. The molecule has 2 saturated carbocycles. The van der Waals surface area contributed by atoms with Crippen LogP contribution in [0, 0.1) is 30.1 Å². The topological polar surface area (TPSA) is 105 Å². The Kier molecular flexibility index (Phi) is 3.86. The number of nitrogens with zero attached hydrogens (tertiary/aromatic N) is 4. The minimum absolute atomic E-state index is 0.396. The van der Waals surface area contributed by atoms with E-state index in [0.717, 1.165) is 5.92 Å². The van der Waals surface area contributed by atoms with E-state index in [1.54, 1.807) is 10.9 Å². The van der Waals surface area contributed by atoms with Crippen LogP contribution < -0.4 is 5.32 Å². The lowest BCUT2D eigenvalue weighted by molar-refractivity contribution is -0.0230. The third-order valence-corrected chi connectivity index (χ3v) is 6.67. The van der Waals surface area contributed by atoms with Crippen LogP contribution >= 0.6 is 0 Å². The zero-order chi connectivity index (χ0) is 18.7. The quantitative estimate of drug-likeness (QED) is 0.691. The number of fused-ring (bicyclic) bond motifs is 3. The van der Waals surface area contributed by atoms with E-state index in [4.69, 9.17) is 11.2 Å². The first-order valence-corrected chi connectivity index (χ1v) is 9.50. The Hall–Kier alpha value is -2.21. The summed E-state index contributed by atoms with van der Waals surface area (Å²) in [6, 6.07) is 0.396. The van der Waals surface area contributed by atoms with E-state index in [0.29, 0.717) is 34.9 Å². The average molecular weight is 369 g/mol. The molecule has 8 nitrogen and oxygen atoms in total. The van der Waals surface area contributed by atoms with Crippen LogP contribution in [0.4, 0.5) is 5.82 Å². The first-order valence-electron chi connectivity index (χ1n) is 9.50. The zero-order valence-electron chi connectivity index (χ0n) is 15.1. The summed E-state index contributed by atoms with van der Waals surface area (Å²) in [6.07, 6.45) is 8.28. The van der Waals surface area contributed by atoms with Gasteiger partial charge in [-0.3, -0.25) is 4.57 Å². The third kappa shape index (κ3) is 2.46. The Morgan fingerprint density at radius 3 is 2.74 bits per heavy atom. The van der Waals surface area contributed by atoms with Gasteiger partial charge in [0.1, 0.15) is 24.6 Å². The number of aliphatic hydroxyl groups is 2. The van der Waals surface area contributed by atoms with Crippen molar-refractivity contribution in [1.29, 1.82) is 0 Å². The van der Waals surface area contributed by atoms with E-state index >= 15 is 0 Å². The molecule has 1 aliphatic heterocycles. The lowest BCUT2D eigenvalue weighted by Gasteiger charge is -2.29. The number of terminal acetylenes is 1. The Morgan fingerprint density at radius 1 is 1.22 bits per heavy atom. The van der Waals surface area contributed by atoms with Crippen molar-refractivity contribution in [3.63, 3.8) is 0 Å². The van der Waals surface area contributed by atoms with Crippen LogP contribution in [0.15, 0.2) is 12.7 Å². The maximum absolute atomic E-state index is 10.3. The van der Waals surface area contributed by atoms with E-state index in [1.807, 2.05) is 0 Å². The van der Waals surface area contributed by atoms with Crippen molar-refractivity contribution >= 4 is 17.0 Å². The highest BCUT2D eigenvalue weighted by Gasteiger charge is 2.46. The van der Waals surface area contributed by atoms with Gasteiger partial charge in [0.25, 0.3) is 0 Å². The SMILES string of the molecule is C#C[C@H]1O[C@@H](n2cnc3c(N[C@@H]4[C@H]5CC[C@@H](C5)[C@H]4C)ncnc32)[C@H](O)[C@@H]1O. The number of hydrogen-bond donors (Lipinski definition) is 3. The summed E-state index contributed by atoms with van der Waals surface area (Å²) in [5.41, 5.74) is 1.17. The summed E-state index contributed by atoms with van der Waals surface area (Å²) in [5.74, 6) is 5.15. The van der Waals surface area contributed by atoms with Crippen molar-refractivity contribution in [2.45, 2.75) is 56.8 Å². The van der Waals surface area contributed by atoms with E-state index in [-0.39, 0.29) is 0 Å². The highest BCUT2D eigenvalue weighted by Crippen LogP contribution is 2.49. The number of imidazole rings is 1. The van der Waals surface area contributed by atoms with E-state index in [1.165, 1.54) is 25.6 Å². The molecule has 142 valence electrons. The molecule has 27 heavy (non-hydrogen) atoms. The molecule has 2 aliphatic carbocycles. The summed E-state index contributed by atoms with van der Waals surface area (Å²) in [5, 5.41) is 24.0. The van der Waals surface area contributed by atoms with Crippen LogP contribution in [-0.4, -0.2) is 54.1 Å². The summed E-state index contributed by atoms with van der Waals surface area (Å²) in [6.45, 7) is 2.31. The highest BCUT2D eigenvalue weighted by atomic mass is 16.6. The van der Waals surface area contributed by atoms with Crippen molar-refractivity contribution in [3.05, 3.63) is 12.7 Å². The first kappa shape index (κ1) is 16.9. The minimum atomic E-state index is -1.15. The normalized spacial score (nSPS) is 40.5. The largest absolute Gasteiger partial charge is 0.386 e. The van der Waals surface area contributed by atoms with Gasteiger partial charge in [0.05, 0.1) is 6.33 Å². The molecule has 0 amide bonds. The predicted molar refractivity (Wildman–Crippen MR) is 97.5 cm³/mol. The maximum atomic E-state index is 10.3. The number of rotatable bonds is 3. The van der Waals surface area contributed by atoms with Gasteiger partial charge in [-0.05, 0) is 37.0 Å². The number of nitrogens with one attached hydrogen (secondary N) is 1. The Bertz CT molecular complexity index is 906. The second kappa shape index (κ2) is 6.16. The zero-order valence-corrected chi connectivity index (χ0v) is 15.1. The highest BCUT2D eigenvalue weighted by molar-refractivity contribution is 5.83. The number of anilines is 1. The fourth-order valence-corrected chi connectivity index (χ4v) is 5.16. The minimum Gasteiger partial charge on any atom is -0.386 e. The molecule has 8 atom stereocenters. The molecule has 2 aromatic heterocycles. The van der Waals surface area contributed by atoms with Gasteiger partial charge in [0, 0.05) is 6.04 Å². The van der Waals surface area contributed by atoms with Gasteiger partial charge < -0.3 is 20.3 Å². The van der Waals surface area contributed by atoms with Gasteiger partial charge in [-0.2, -0.15) is 0 Å². The molecule has 0 unspecified atom stereocenters. The second-order valence-electron chi connectivity index (χ2n) is 8.00. The van der Waals surface area contributed by atoms with Crippen molar-refractivity contribution in [3.8, 4) is 12.3 Å². The predicted octanol–water partition coefficient (Wildman–Crippen LogP) is 0.925. The molecule has 3 fully saturated rings. The van der Waals surface area contributed by atoms with Gasteiger partial charge >= 0.3 is 0 Å². The van der Waals surface area contributed by atoms with Crippen molar-refractivity contribution in [2.24, 2.45) is 17.8 Å². The van der Waals surface area contributed by atoms with Gasteiger partial charge in [-0.25, -0.2) is 15.0 Å². The van der Waals surface area contributed by atoms with Crippen molar-refractivity contribution in [2.75, 3.05) is 5.32 Å². The smallest absolute Gasteiger partial charge is 0.167 e. The standard InChI is InChI=1S/C19H23N5O3/c1-3-12-15(25)16(26)19(27-12)24-8-22-14-17(20-7-21-18(14)24)23-13-9(2)10-4-5-11(13)6-10/h1,7-13,15-16,19,25-26H,4-6H2,2H3,(H,20,21,23)/t9-,10+,11+,12-,13+,15-,16-,19-/m1/s1. The fourth-order valence-electron chi connectivity index (χ4n) is 5.16. The summed E-state index contributed by atoms with van der Waals surface area (Å²) in [7, 11) is 0. The number of aromatic nitrogens is 4. The monoisotopic (exact) mass is 369 g/mol. The van der Waals surface area contributed by atoms with Gasteiger partial charge in [-0.15, -0.1) is 6.42 Å². The molecule has 0 aromatic carbocycles. The average Bonchev–Trinajstić information content (AvgIpc) is 3.42.